The number of benzene rings is 1. The number of ketones is 1. The molecule has 0 saturated heterocycles. The van der Waals surface area contributed by atoms with Crippen molar-refractivity contribution in [3.63, 3.8) is 0 Å². The maximum atomic E-state index is 12.2. The highest BCUT2D eigenvalue weighted by Gasteiger charge is 2.19. The van der Waals surface area contributed by atoms with Crippen LogP contribution in [0.25, 0.3) is 0 Å². The highest BCUT2D eigenvalue weighted by molar-refractivity contribution is 5.94. The van der Waals surface area contributed by atoms with Crippen LogP contribution in [0.15, 0.2) is 36.5 Å². The summed E-state index contributed by atoms with van der Waals surface area (Å²) < 4.78 is 7.28. The zero-order chi connectivity index (χ0) is 18.6. The van der Waals surface area contributed by atoms with Crippen molar-refractivity contribution in [1.29, 1.82) is 5.26 Å². The Kier molecular flexibility index (Phi) is 5.28. The van der Waals surface area contributed by atoms with Crippen molar-refractivity contribution >= 4 is 17.5 Å². The molecule has 6 heteroatoms. The Morgan fingerprint density at radius 3 is 2.60 bits per heavy atom. The Hall–Kier alpha value is -3.07. The van der Waals surface area contributed by atoms with E-state index in [9.17, 15) is 9.59 Å². The maximum Gasteiger partial charge on any atom is 0.263 e. The molecule has 6 nitrogen and oxygen atoms in total. The first kappa shape index (κ1) is 18.3. The van der Waals surface area contributed by atoms with Crippen molar-refractivity contribution in [2.75, 3.05) is 11.9 Å². The Balaban J connectivity index is 2.06. The second-order valence-electron chi connectivity index (χ2n) is 6.69. The van der Waals surface area contributed by atoms with E-state index in [1.807, 2.05) is 25.3 Å². The van der Waals surface area contributed by atoms with Gasteiger partial charge < -0.3 is 14.6 Å². The van der Waals surface area contributed by atoms with Crippen molar-refractivity contribution in [2.45, 2.75) is 33.2 Å². The van der Waals surface area contributed by atoms with Crippen LogP contribution in [0.1, 0.15) is 43.6 Å². The molecule has 0 saturated carbocycles. The summed E-state index contributed by atoms with van der Waals surface area (Å²) in [6.07, 6.45) is 1.70. The lowest BCUT2D eigenvalue weighted by atomic mass is 10.1. The summed E-state index contributed by atoms with van der Waals surface area (Å²) in [7, 11) is 0. The second kappa shape index (κ2) is 7.22. The van der Waals surface area contributed by atoms with Crippen LogP contribution < -0.4 is 10.1 Å². The lowest BCUT2D eigenvalue weighted by Gasteiger charge is -2.24. The molecule has 0 aliphatic rings. The maximum absolute atomic E-state index is 12.2. The lowest BCUT2D eigenvalue weighted by molar-refractivity contribution is -0.118. The largest absolute Gasteiger partial charge is 0.484 e. The lowest BCUT2D eigenvalue weighted by Crippen LogP contribution is -2.27. The third-order valence-corrected chi connectivity index (χ3v) is 3.55. The number of rotatable bonds is 5. The third-order valence-electron chi connectivity index (χ3n) is 3.55. The topological polar surface area (TPSA) is 84.1 Å². The monoisotopic (exact) mass is 339 g/mol. The Morgan fingerprint density at radius 2 is 2.00 bits per heavy atom. The summed E-state index contributed by atoms with van der Waals surface area (Å²) in [4.78, 5) is 23.6. The summed E-state index contributed by atoms with van der Waals surface area (Å²) in [6, 6.07) is 10.4. The normalized spacial score (nSPS) is 10.8. The molecule has 0 radical (unpaired) electrons. The number of aromatic nitrogens is 1. The van der Waals surface area contributed by atoms with Gasteiger partial charge in [0.05, 0.1) is 5.56 Å². The van der Waals surface area contributed by atoms with E-state index in [0.29, 0.717) is 22.7 Å². The highest BCUT2D eigenvalue weighted by atomic mass is 16.5. The number of amides is 1. The predicted octanol–water partition coefficient (Wildman–Crippen LogP) is 3.33. The van der Waals surface area contributed by atoms with Crippen LogP contribution >= 0.6 is 0 Å². The highest BCUT2D eigenvalue weighted by Crippen LogP contribution is 2.24. The van der Waals surface area contributed by atoms with Crippen molar-refractivity contribution in [3.8, 4) is 11.8 Å². The molecule has 1 N–H and O–H groups in total. The van der Waals surface area contributed by atoms with Gasteiger partial charge in [0.15, 0.2) is 12.4 Å². The molecule has 1 aromatic carbocycles. The number of ether oxygens (including phenoxy) is 1. The number of Topliss-reactive ketones (excluding diaryl/α,β-unsaturated/α-hetero) is 1. The number of nitrogens with zero attached hydrogens (tertiary/aromatic N) is 2. The van der Waals surface area contributed by atoms with Gasteiger partial charge in [0.25, 0.3) is 5.91 Å². The molecule has 0 bridgehead atoms. The molecule has 1 aromatic heterocycles. The van der Waals surface area contributed by atoms with E-state index in [0.717, 1.165) is 0 Å². The average Bonchev–Trinajstić information content (AvgIpc) is 2.96. The van der Waals surface area contributed by atoms with Crippen LogP contribution in [0.4, 0.5) is 5.82 Å². The molecular weight excluding hydrogens is 318 g/mol. The molecule has 0 atom stereocenters. The van der Waals surface area contributed by atoms with Gasteiger partial charge in [-0.3, -0.25) is 9.59 Å². The number of hydrogen-bond donors (Lipinski definition) is 1. The number of nitrogens with one attached hydrogen (secondary N) is 1. The predicted molar refractivity (Wildman–Crippen MR) is 94.7 cm³/mol. The van der Waals surface area contributed by atoms with E-state index in [1.54, 1.807) is 36.5 Å². The van der Waals surface area contributed by atoms with Crippen molar-refractivity contribution in [1.82, 2.24) is 4.57 Å². The van der Waals surface area contributed by atoms with Gasteiger partial charge in [-0.05, 0) is 45.9 Å². The summed E-state index contributed by atoms with van der Waals surface area (Å²) in [5, 5.41) is 11.8. The minimum atomic E-state index is -0.346. The van der Waals surface area contributed by atoms with Crippen LogP contribution in [-0.4, -0.2) is 22.9 Å². The van der Waals surface area contributed by atoms with Gasteiger partial charge in [-0.2, -0.15) is 5.26 Å². The van der Waals surface area contributed by atoms with Crippen LogP contribution in [0.3, 0.4) is 0 Å². The van der Waals surface area contributed by atoms with Crippen LogP contribution in [0.5, 0.6) is 5.75 Å². The number of carbonyl (C=O) groups is 2. The van der Waals surface area contributed by atoms with Crippen LogP contribution in [-0.2, 0) is 10.3 Å². The fourth-order valence-electron chi connectivity index (χ4n) is 2.31. The number of hydrogen-bond acceptors (Lipinski definition) is 4. The van der Waals surface area contributed by atoms with E-state index >= 15 is 0 Å². The van der Waals surface area contributed by atoms with Gasteiger partial charge in [-0.1, -0.05) is 12.1 Å². The summed E-state index contributed by atoms with van der Waals surface area (Å²) in [5.41, 5.74) is 0.715. The first-order chi connectivity index (χ1) is 11.7. The fraction of sp³-hybridized carbons (Fsp3) is 0.316. The summed E-state index contributed by atoms with van der Waals surface area (Å²) in [6.45, 7) is 7.21. The smallest absolute Gasteiger partial charge is 0.263 e. The molecule has 0 unspecified atom stereocenters. The Morgan fingerprint density at radius 1 is 1.28 bits per heavy atom. The standard InChI is InChI=1S/C19H21N3O3/c1-13(23)15-6-5-7-16(9-15)25-12-18(24)21-17-8-14(10-20)11-22(17)19(2,3)4/h5-9,11H,12H2,1-4H3,(H,21,24). The second-order valence-corrected chi connectivity index (χ2v) is 6.69. The number of anilines is 1. The molecule has 0 spiro atoms. The van der Waals surface area contributed by atoms with Gasteiger partial charge in [0, 0.05) is 17.3 Å². The van der Waals surface area contributed by atoms with Gasteiger partial charge in [0.2, 0.25) is 0 Å². The number of nitriles is 1. The first-order valence-electron chi connectivity index (χ1n) is 7.87. The van der Waals surface area contributed by atoms with Gasteiger partial charge in [0.1, 0.15) is 17.6 Å². The average molecular weight is 339 g/mol. The quantitative estimate of drug-likeness (QED) is 0.847. The Bertz CT molecular complexity index is 838. The van der Waals surface area contributed by atoms with Gasteiger partial charge >= 0.3 is 0 Å². The molecule has 1 heterocycles. The number of carbonyl (C=O) groups excluding carboxylic acids is 2. The third kappa shape index (κ3) is 4.70. The molecule has 130 valence electrons. The Labute approximate surface area is 147 Å². The van der Waals surface area contributed by atoms with E-state index in [4.69, 9.17) is 10.00 Å². The van der Waals surface area contributed by atoms with Gasteiger partial charge in [-0.15, -0.1) is 0 Å². The molecule has 2 rings (SSSR count). The van der Waals surface area contributed by atoms with Crippen LogP contribution in [0.2, 0.25) is 0 Å². The van der Waals surface area contributed by atoms with E-state index in [2.05, 4.69) is 11.4 Å². The van der Waals surface area contributed by atoms with E-state index < -0.39 is 0 Å². The van der Waals surface area contributed by atoms with Crippen molar-refractivity contribution in [2.24, 2.45) is 0 Å². The molecule has 0 aliphatic carbocycles. The minimum absolute atomic E-state index is 0.0676. The van der Waals surface area contributed by atoms with E-state index in [1.165, 1.54) is 6.92 Å². The molecule has 0 fully saturated rings. The zero-order valence-electron chi connectivity index (χ0n) is 14.8. The SMILES string of the molecule is CC(=O)c1cccc(OCC(=O)Nc2cc(C#N)cn2C(C)(C)C)c1. The van der Waals surface area contributed by atoms with Crippen LogP contribution in [0, 0.1) is 11.3 Å². The fourth-order valence-corrected chi connectivity index (χ4v) is 2.31. The molecule has 2 aromatic rings. The van der Waals surface area contributed by atoms with Crippen molar-refractivity contribution in [3.05, 3.63) is 47.7 Å². The molecule has 0 aliphatic heterocycles. The zero-order valence-corrected chi connectivity index (χ0v) is 14.8. The summed E-state index contributed by atoms with van der Waals surface area (Å²) in [5.74, 6) is 0.574. The minimum Gasteiger partial charge on any atom is -0.484 e. The molecule has 1 amide bonds. The first-order valence-corrected chi connectivity index (χ1v) is 7.87. The van der Waals surface area contributed by atoms with E-state index in [-0.39, 0.29) is 23.8 Å². The van der Waals surface area contributed by atoms with Gasteiger partial charge in [-0.25, -0.2) is 0 Å². The molecule has 25 heavy (non-hydrogen) atoms. The molecular formula is C19H21N3O3. The summed E-state index contributed by atoms with van der Waals surface area (Å²) >= 11 is 0. The van der Waals surface area contributed by atoms with Crippen molar-refractivity contribution < 1.29 is 14.3 Å².